The van der Waals surface area contributed by atoms with Crippen molar-refractivity contribution >= 4 is 28.4 Å². The van der Waals surface area contributed by atoms with Gasteiger partial charge in [0.25, 0.3) is 0 Å². The molecular weight excluding hydrogens is 376 g/mol. The van der Waals surface area contributed by atoms with E-state index >= 15 is 0 Å². The molecule has 0 aromatic heterocycles. The molecule has 0 spiro atoms. The van der Waals surface area contributed by atoms with Crippen molar-refractivity contribution in [1.29, 1.82) is 0 Å². The van der Waals surface area contributed by atoms with Gasteiger partial charge in [0.1, 0.15) is 0 Å². The van der Waals surface area contributed by atoms with E-state index in [0.29, 0.717) is 11.7 Å². The second kappa shape index (κ2) is 9.95. The Morgan fingerprint density at radius 2 is 1.79 bits per heavy atom. The molecule has 29 heavy (non-hydrogen) atoms. The van der Waals surface area contributed by atoms with Gasteiger partial charge in [-0.25, -0.2) is 0 Å². The predicted molar refractivity (Wildman–Crippen MR) is 122 cm³/mol. The van der Waals surface area contributed by atoms with Gasteiger partial charge in [-0.1, -0.05) is 60.7 Å². The van der Waals surface area contributed by atoms with Gasteiger partial charge >= 0.3 is 0 Å². The summed E-state index contributed by atoms with van der Waals surface area (Å²) in [7, 11) is 0. The lowest BCUT2D eigenvalue weighted by Gasteiger charge is -2.16. The molecule has 0 saturated carbocycles. The number of benzene rings is 3. The number of likely N-dealkylation sites (tertiary alicyclic amines) is 1. The fraction of sp³-hybridized carbons (Fsp3) is 0.320. The molecule has 3 aromatic carbocycles. The Morgan fingerprint density at radius 3 is 2.66 bits per heavy atom. The standard InChI is InChI=1S/C25H28N2OS/c28-25(19-29-24-11-10-22-8-4-5-9-23(22)16-24)26-17-21-13-15-27(18-21)14-12-20-6-2-1-3-7-20/h1-11,16,21H,12-15,17-19H2,(H,26,28)/t21-/m0/s1. The Morgan fingerprint density at radius 1 is 1.00 bits per heavy atom. The number of fused-ring (bicyclic) bond motifs is 1. The summed E-state index contributed by atoms with van der Waals surface area (Å²) in [6.45, 7) is 4.12. The van der Waals surface area contributed by atoms with E-state index in [9.17, 15) is 4.79 Å². The monoisotopic (exact) mass is 404 g/mol. The molecule has 4 heteroatoms. The lowest BCUT2D eigenvalue weighted by molar-refractivity contribution is -0.118. The molecule has 1 atom stereocenters. The molecule has 0 unspecified atom stereocenters. The molecule has 1 N–H and O–H groups in total. The first kappa shape index (κ1) is 20.0. The van der Waals surface area contributed by atoms with Gasteiger partial charge < -0.3 is 10.2 Å². The zero-order valence-corrected chi connectivity index (χ0v) is 17.5. The fourth-order valence-corrected chi connectivity index (χ4v) is 4.70. The van der Waals surface area contributed by atoms with Gasteiger partial charge in [0.2, 0.25) is 5.91 Å². The molecule has 3 aromatic rings. The lowest BCUT2D eigenvalue weighted by atomic mass is 10.1. The largest absolute Gasteiger partial charge is 0.355 e. The van der Waals surface area contributed by atoms with Crippen LogP contribution in [0, 0.1) is 5.92 Å². The molecule has 0 aliphatic carbocycles. The number of carbonyl (C=O) groups is 1. The minimum atomic E-state index is 0.130. The second-order valence-electron chi connectivity index (χ2n) is 7.79. The number of carbonyl (C=O) groups excluding carboxylic acids is 1. The van der Waals surface area contributed by atoms with E-state index in [1.165, 1.54) is 22.8 Å². The van der Waals surface area contributed by atoms with Gasteiger partial charge in [0.05, 0.1) is 5.75 Å². The minimum Gasteiger partial charge on any atom is -0.355 e. The van der Waals surface area contributed by atoms with Crippen molar-refractivity contribution in [2.45, 2.75) is 17.7 Å². The first-order valence-electron chi connectivity index (χ1n) is 10.4. The van der Waals surface area contributed by atoms with Crippen molar-refractivity contribution < 1.29 is 4.79 Å². The van der Waals surface area contributed by atoms with Crippen LogP contribution in [0.1, 0.15) is 12.0 Å². The van der Waals surface area contributed by atoms with Crippen molar-refractivity contribution in [3.63, 3.8) is 0 Å². The second-order valence-corrected chi connectivity index (χ2v) is 8.84. The summed E-state index contributed by atoms with van der Waals surface area (Å²) >= 11 is 1.61. The topological polar surface area (TPSA) is 32.3 Å². The molecule has 150 valence electrons. The lowest BCUT2D eigenvalue weighted by Crippen LogP contribution is -2.32. The maximum Gasteiger partial charge on any atom is 0.230 e. The first-order chi connectivity index (χ1) is 14.3. The number of hydrogen-bond donors (Lipinski definition) is 1. The molecule has 3 nitrogen and oxygen atoms in total. The van der Waals surface area contributed by atoms with Crippen molar-refractivity contribution in [2.75, 3.05) is 31.9 Å². The van der Waals surface area contributed by atoms with Gasteiger partial charge in [0.15, 0.2) is 0 Å². The van der Waals surface area contributed by atoms with Crippen LogP contribution in [0.4, 0.5) is 0 Å². The maximum absolute atomic E-state index is 12.3. The highest BCUT2D eigenvalue weighted by molar-refractivity contribution is 8.00. The van der Waals surface area contributed by atoms with Crippen LogP contribution >= 0.6 is 11.8 Å². The molecule has 1 fully saturated rings. The van der Waals surface area contributed by atoms with Crippen molar-refractivity contribution in [3.8, 4) is 0 Å². The zero-order valence-electron chi connectivity index (χ0n) is 16.7. The molecule has 1 aliphatic heterocycles. The van der Waals surface area contributed by atoms with Gasteiger partial charge in [-0.2, -0.15) is 0 Å². The van der Waals surface area contributed by atoms with Gasteiger partial charge in [0, 0.05) is 24.5 Å². The number of thioether (sulfide) groups is 1. The Labute approximate surface area is 177 Å². The zero-order chi connectivity index (χ0) is 19.9. The highest BCUT2D eigenvalue weighted by Crippen LogP contribution is 2.23. The Hall–Kier alpha value is -2.30. The quantitative estimate of drug-likeness (QED) is 0.556. The third-order valence-electron chi connectivity index (χ3n) is 5.61. The van der Waals surface area contributed by atoms with Gasteiger partial charge in [-0.15, -0.1) is 11.8 Å². The summed E-state index contributed by atoms with van der Waals surface area (Å²) in [6, 6.07) is 25.4. The minimum absolute atomic E-state index is 0.130. The smallest absolute Gasteiger partial charge is 0.230 e. The number of hydrogen-bond acceptors (Lipinski definition) is 3. The third-order valence-corrected chi connectivity index (χ3v) is 6.60. The Kier molecular flexibility index (Phi) is 6.86. The molecule has 1 amide bonds. The fourth-order valence-electron chi connectivity index (χ4n) is 3.93. The van der Waals surface area contributed by atoms with E-state index in [-0.39, 0.29) is 5.91 Å². The highest BCUT2D eigenvalue weighted by atomic mass is 32.2. The number of amides is 1. The SMILES string of the molecule is O=C(CSc1ccc2ccccc2c1)NC[C@@H]1CCN(CCc2ccccc2)C1. The maximum atomic E-state index is 12.3. The third kappa shape index (κ3) is 5.84. The number of nitrogens with zero attached hydrogens (tertiary/aromatic N) is 1. The predicted octanol–water partition coefficient (Wildman–Crippen LogP) is 4.61. The van der Waals surface area contributed by atoms with Crippen LogP contribution in [0.15, 0.2) is 77.7 Å². The van der Waals surface area contributed by atoms with Crippen LogP contribution in [0.2, 0.25) is 0 Å². The summed E-state index contributed by atoms with van der Waals surface area (Å²) in [4.78, 5) is 16.0. The summed E-state index contributed by atoms with van der Waals surface area (Å²) in [5, 5.41) is 5.60. The van der Waals surface area contributed by atoms with Crippen LogP contribution in [0.5, 0.6) is 0 Å². The van der Waals surface area contributed by atoms with Gasteiger partial charge in [-0.05, 0) is 53.8 Å². The molecule has 0 radical (unpaired) electrons. The van der Waals surface area contributed by atoms with E-state index in [2.05, 4.69) is 76.9 Å². The molecular formula is C25H28N2OS. The van der Waals surface area contributed by atoms with Crippen LogP contribution < -0.4 is 5.32 Å². The average Bonchev–Trinajstić information content (AvgIpc) is 3.23. The molecule has 1 aliphatic rings. The summed E-state index contributed by atoms with van der Waals surface area (Å²) in [6.07, 6.45) is 2.27. The van der Waals surface area contributed by atoms with Crippen molar-refractivity contribution in [2.24, 2.45) is 5.92 Å². The molecule has 1 saturated heterocycles. The van der Waals surface area contributed by atoms with Crippen molar-refractivity contribution in [1.82, 2.24) is 10.2 Å². The molecule has 0 bridgehead atoms. The Balaban J connectivity index is 1.16. The van der Waals surface area contributed by atoms with E-state index in [1.807, 2.05) is 6.07 Å². The molecule has 1 heterocycles. The highest BCUT2D eigenvalue weighted by Gasteiger charge is 2.22. The van der Waals surface area contributed by atoms with E-state index < -0.39 is 0 Å². The van der Waals surface area contributed by atoms with Crippen LogP contribution in [0.25, 0.3) is 10.8 Å². The van der Waals surface area contributed by atoms with Crippen LogP contribution in [-0.4, -0.2) is 42.7 Å². The Bertz CT molecular complexity index is 944. The normalized spacial score (nSPS) is 16.9. The van der Waals surface area contributed by atoms with E-state index in [1.54, 1.807) is 11.8 Å². The summed E-state index contributed by atoms with van der Waals surface area (Å²) < 4.78 is 0. The van der Waals surface area contributed by atoms with E-state index in [0.717, 1.165) is 37.5 Å². The summed E-state index contributed by atoms with van der Waals surface area (Å²) in [5.74, 6) is 1.18. The summed E-state index contributed by atoms with van der Waals surface area (Å²) in [5.41, 5.74) is 1.40. The molecule has 4 rings (SSSR count). The first-order valence-corrected chi connectivity index (χ1v) is 11.4. The van der Waals surface area contributed by atoms with Crippen molar-refractivity contribution in [3.05, 3.63) is 78.4 Å². The van der Waals surface area contributed by atoms with Gasteiger partial charge in [-0.3, -0.25) is 4.79 Å². The number of rotatable bonds is 8. The van der Waals surface area contributed by atoms with E-state index in [4.69, 9.17) is 0 Å². The average molecular weight is 405 g/mol. The number of nitrogens with one attached hydrogen (secondary N) is 1. The van der Waals surface area contributed by atoms with Crippen LogP contribution in [-0.2, 0) is 11.2 Å². The van der Waals surface area contributed by atoms with Crippen LogP contribution in [0.3, 0.4) is 0 Å².